The largest absolute Gasteiger partial charge is 0.486 e. The van der Waals surface area contributed by atoms with Gasteiger partial charge in [-0.15, -0.1) is 11.8 Å². The Bertz CT molecular complexity index is 586. The first kappa shape index (κ1) is 16.3. The van der Waals surface area contributed by atoms with Crippen LogP contribution < -0.4 is 14.8 Å². The highest BCUT2D eigenvalue weighted by Gasteiger charge is 2.26. The highest BCUT2D eigenvalue weighted by molar-refractivity contribution is 7.98. The molecular weight excluding hydrogens is 316 g/mol. The number of ether oxygens (including phenoxy) is 3. The molecule has 0 aliphatic carbocycles. The molecule has 1 fully saturated rings. The molecule has 2 aliphatic rings. The van der Waals surface area contributed by atoms with Crippen molar-refractivity contribution in [2.24, 2.45) is 0 Å². The molecule has 1 saturated heterocycles. The standard InChI is InChI=1S/C16H22N2O4S/c1-10-8-18(9-11(2)22-10)16(19)17-12-6-13-14(7-15(12)23-3)21-5-4-20-13/h6-7,10-11H,4-5,8-9H2,1-3H3,(H,17,19)/t10-,11-/m1/s1. The lowest BCUT2D eigenvalue weighted by molar-refractivity contribution is -0.0530. The van der Waals surface area contributed by atoms with Crippen LogP contribution >= 0.6 is 11.8 Å². The number of carbonyl (C=O) groups is 1. The Morgan fingerprint density at radius 1 is 1.17 bits per heavy atom. The fourth-order valence-corrected chi connectivity index (χ4v) is 3.43. The summed E-state index contributed by atoms with van der Waals surface area (Å²) in [5.41, 5.74) is 0.749. The van der Waals surface area contributed by atoms with Gasteiger partial charge < -0.3 is 24.4 Å². The maximum absolute atomic E-state index is 12.6. The predicted octanol–water partition coefficient (Wildman–Crippen LogP) is 2.82. The summed E-state index contributed by atoms with van der Waals surface area (Å²) in [6, 6.07) is 3.64. The Labute approximate surface area is 140 Å². The quantitative estimate of drug-likeness (QED) is 0.840. The number of nitrogens with zero attached hydrogens (tertiary/aromatic N) is 1. The van der Waals surface area contributed by atoms with E-state index < -0.39 is 0 Å². The van der Waals surface area contributed by atoms with Gasteiger partial charge in [0.05, 0.1) is 17.9 Å². The molecule has 2 atom stereocenters. The molecule has 0 unspecified atom stereocenters. The summed E-state index contributed by atoms with van der Waals surface area (Å²) in [4.78, 5) is 15.3. The van der Waals surface area contributed by atoms with E-state index in [1.807, 2.05) is 32.2 Å². The van der Waals surface area contributed by atoms with Crippen LogP contribution in [0, 0.1) is 0 Å². The Hall–Kier alpha value is -1.60. The second kappa shape index (κ2) is 6.88. The molecule has 0 aromatic heterocycles. The van der Waals surface area contributed by atoms with Gasteiger partial charge in [-0.1, -0.05) is 0 Å². The Morgan fingerprint density at radius 2 is 1.78 bits per heavy atom. The van der Waals surface area contributed by atoms with Gasteiger partial charge in [0, 0.05) is 24.1 Å². The fourth-order valence-electron chi connectivity index (χ4n) is 2.87. The van der Waals surface area contributed by atoms with E-state index >= 15 is 0 Å². The lowest BCUT2D eigenvalue weighted by atomic mass is 10.2. The molecule has 3 rings (SSSR count). The fraction of sp³-hybridized carbons (Fsp3) is 0.562. The number of hydrogen-bond donors (Lipinski definition) is 1. The van der Waals surface area contributed by atoms with Gasteiger partial charge in [-0.05, 0) is 26.2 Å². The summed E-state index contributed by atoms with van der Waals surface area (Å²) in [5.74, 6) is 1.40. The third-order valence-corrected chi connectivity index (χ3v) is 4.59. The van der Waals surface area contributed by atoms with Gasteiger partial charge in [-0.25, -0.2) is 4.79 Å². The first-order chi connectivity index (χ1) is 11.1. The normalized spacial score (nSPS) is 23.5. The Morgan fingerprint density at radius 3 is 2.39 bits per heavy atom. The lowest BCUT2D eigenvalue weighted by Crippen LogP contribution is -2.49. The SMILES string of the molecule is CSc1cc2c(cc1NC(=O)N1C[C@@H](C)O[C@H](C)C1)OCCO2. The highest BCUT2D eigenvalue weighted by atomic mass is 32.2. The number of thioether (sulfide) groups is 1. The van der Waals surface area contributed by atoms with Gasteiger partial charge in [0.2, 0.25) is 0 Å². The highest BCUT2D eigenvalue weighted by Crippen LogP contribution is 2.39. The minimum Gasteiger partial charge on any atom is -0.486 e. The summed E-state index contributed by atoms with van der Waals surface area (Å²) in [6.07, 6.45) is 2.06. The number of morpholine rings is 1. The van der Waals surface area contributed by atoms with Crippen LogP contribution in [0.25, 0.3) is 0 Å². The summed E-state index contributed by atoms with van der Waals surface area (Å²) >= 11 is 1.56. The molecule has 0 saturated carbocycles. The van der Waals surface area contributed by atoms with Crippen LogP contribution in [0.2, 0.25) is 0 Å². The predicted molar refractivity (Wildman–Crippen MR) is 89.8 cm³/mol. The van der Waals surface area contributed by atoms with Gasteiger partial charge in [0.25, 0.3) is 0 Å². The molecule has 6 nitrogen and oxygen atoms in total. The number of nitrogens with one attached hydrogen (secondary N) is 1. The van der Waals surface area contributed by atoms with E-state index in [1.54, 1.807) is 16.7 Å². The third kappa shape index (κ3) is 3.67. The van der Waals surface area contributed by atoms with E-state index in [4.69, 9.17) is 14.2 Å². The van der Waals surface area contributed by atoms with E-state index in [1.165, 1.54) is 0 Å². The second-order valence-electron chi connectivity index (χ2n) is 5.79. The number of fused-ring (bicyclic) bond motifs is 1. The van der Waals surface area contributed by atoms with Crippen molar-refractivity contribution in [3.63, 3.8) is 0 Å². The van der Waals surface area contributed by atoms with Crippen LogP contribution in [0.4, 0.5) is 10.5 Å². The second-order valence-corrected chi connectivity index (χ2v) is 6.64. The lowest BCUT2D eigenvalue weighted by Gasteiger charge is -2.35. The van der Waals surface area contributed by atoms with E-state index in [9.17, 15) is 4.79 Å². The number of hydrogen-bond acceptors (Lipinski definition) is 5. The van der Waals surface area contributed by atoms with Gasteiger partial charge in [-0.2, -0.15) is 0 Å². The van der Waals surface area contributed by atoms with Crippen molar-refractivity contribution in [2.75, 3.05) is 37.9 Å². The molecule has 126 valence electrons. The minimum atomic E-state index is -0.112. The van der Waals surface area contributed by atoms with Crippen molar-refractivity contribution in [1.82, 2.24) is 4.90 Å². The average molecular weight is 338 g/mol. The monoisotopic (exact) mass is 338 g/mol. The summed E-state index contributed by atoms with van der Waals surface area (Å²) in [7, 11) is 0. The number of anilines is 1. The third-order valence-electron chi connectivity index (χ3n) is 3.81. The van der Waals surface area contributed by atoms with Gasteiger partial charge >= 0.3 is 6.03 Å². The number of rotatable bonds is 2. The first-order valence-corrected chi connectivity index (χ1v) is 8.98. The zero-order valence-corrected chi connectivity index (χ0v) is 14.4. The molecule has 1 N–H and O–H groups in total. The van der Waals surface area contributed by atoms with Crippen LogP contribution in [0.5, 0.6) is 11.5 Å². The number of carbonyl (C=O) groups excluding carboxylic acids is 1. The molecule has 23 heavy (non-hydrogen) atoms. The first-order valence-electron chi connectivity index (χ1n) is 7.76. The van der Waals surface area contributed by atoms with Crippen molar-refractivity contribution in [3.05, 3.63) is 12.1 Å². The van der Waals surface area contributed by atoms with Crippen molar-refractivity contribution < 1.29 is 19.0 Å². The maximum Gasteiger partial charge on any atom is 0.322 e. The van der Waals surface area contributed by atoms with E-state index in [2.05, 4.69) is 5.32 Å². The van der Waals surface area contributed by atoms with Gasteiger partial charge in [-0.3, -0.25) is 0 Å². The molecule has 7 heteroatoms. The number of amides is 2. The van der Waals surface area contributed by atoms with Crippen molar-refractivity contribution in [2.45, 2.75) is 31.0 Å². The number of benzene rings is 1. The zero-order valence-electron chi connectivity index (χ0n) is 13.6. The molecule has 2 heterocycles. The molecule has 0 radical (unpaired) electrons. The maximum atomic E-state index is 12.6. The summed E-state index contributed by atoms with van der Waals surface area (Å²) in [6.45, 7) is 6.22. The topological polar surface area (TPSA) is 60.0 Å². The Kier molecular flexibility index (Phi) is 4.87. The summed E-state index contributed by atoms with van der Waals surface area (Å²) < 4.78 is 16.9. The van der Waals surface area contributed by atoms with E-state index in [0.29, 0.717) is 32.1 Å². The van der Waals surface area contributed by atoms with Crippen LogP contribution in [0.15, 0.2) is 17.0 Å². The van der Waals surface area contributed by atoms with Crippen LogP contribution in [-0.2, 0) is 4.74 Å². The molecule has 0 spiro atoms. The number of urea groups is 1. The zero-order chi connectivity index (χ0) is 16.4. The average Bonchev–Trinajstić information content (AvgIpc) is 2.53. The molecular formula is C16H22N2O4S. The molecule has 1 aromatic carbocycles. The molecule has 2 amide bonds. The van der Waals surface area contributed by atoms with Crippen molar-refractivity contribution in [1.29, 1.82) is 0 Å². The molecule has 2 aliphatic heterocycles. The molecule has 0 bridgehead atoms. The van der Waals surface area contributed by atoms with Crippen LogP contribution in [0.3, 0.4) is 0 Å². The van der Waals surface area contributed by atoms with E-state index in [-0.39, 0.29) is 18.2 Å². The van der Waals surface area contributed by atoms with Crippen LogP contribution in [-0.4, -0.2) is 55.7 Å². The van der Waals surface area contributed by atoms with Crippen LogP contribution in [0.1, 0.15) is 13.8 Å². The minimum absolute atomic E-state index is 0.0461. The Balaban J connectivity index is 1.77. The smallest absolute Gasteiger partial charge is 0.322 e. The van der Waals surface area contributed by atoms with E-state index in [0.717, 1.165) is 16.3 Å². The van der Waals surface area contributed by atoms with Crippen molar-refractivity contribution in [3.8, 4) is 11.5 Å². The van der Waals surface area contributed by atoms with Gasteiger partial charge in [0.15, 0.2) is 11.5 Å². The summed E-state index contributed by atoms with van der Waals surface area (Å²) in [5, 5.41) is 3.00. The molecule has 1 aromatic rings. The van der Waals surface area contributed by atoms with Gasteiger partial charge in [0.1, 0.15) is 13.2 Å². The van der Waals surface area contributed by atoms with Crippen molar-refractivity contribution >= 4 is 23.5 Å².